The summed E-state index contributed by atoms with van der Waals surface area (Å²) in [6.07, 6.45) is 2.99. The Hall–Kier alpha value is -3.29. The van der Waals surface area contributed by atoms with E-state index in [1.165, 1.54) is 25.4 Å². The third-order valence-electron chi connectivity index (χ3n) is 3.95. The topological polar surface area (TPSA) is 83.3 Å². The van der Waals surface area contributed by atoms with Crippen LogP contribution >= 0.6 is 0 Å². The van der Waals surface area contributed by atoms with Gasteiger partial charge in [0.15, 0.2) is 12.3 Å². The molecule has 2 aromatic heterocycles. The van der Waals surface area contributed by atoms with Gasteiger partial charge in [0.25, 0.3) is 0 Å². The van der Waals surface area contributed by atoms with Crippen LogP contribution in [0.3, 0.4) is 0 Å². The average molecular weight is 371 g/mol. The van der Waals surface area contributed by atoms with E-state index in [4.69, 9.17) is 9.47 Å². The molecule has 3 aromatic rings. The summed E-state index contributed by atoms with van der Waals surface area (Å²) in [7, 11) is 1.37. The summed E-state index contributed by atoms with van der Waals surface area (Å²) in [4.78, 5) is 28.7. The van der Waals surface area contributed by atoms with Crippen LogP contribution in [0.1, 0.15) is 40.6 Å². The molecule has 0 unspecified atom stereocenters. The lowest BCUT2D eigenvalue weighted by atomic mass is 10.1. The Morgan fingerprint density at radius 1 is 1.22 bits per heavy atom. The molecule has 0 saturated heterocycles. The van der Waals surface area contributed by atoms with E-state index in [-0.39, 0.29) is 22.9 Å². The van der Waals surface area contributed by atoms with Crippen LogP contribution in [0, 0.1) is 5.82 Å². The Labute approximate surface area is 154 Å². The summed E-state index contributed by atoms with van der Waals surface area (Å²) in [5.74, 6) is -1.64. The summed E-state index contributed by atoms with van der Waals surface area (Å²) >= 11 is 0. The number of pyridine rings is 1. The molecule has 8 heteroatoms. The predicted octanol–water partition coefficient (Wildman–Crippen LogP) is 3.20. The fourth-order valence-electron chi connectivity index (χ4n) is 2.62. The number of Topliss-reactive ketones (excluding diaryl/α,β-unsaturated/α-hetero) is 1. The highest BCUT2D eigenvalue weighted by atomic mass is 19.1. The van der Waals surface area contributed by atoms with Crippen molar-refractivity contribution in [2.24, 2.45) is 0 Å². The number of carbonyl (C=O) groups is 2. The number of methoxy groups -OCH3 is 1. The number of esters is 1. The maximum atomic E-state index is 13.4. The highest BCUT2D eigenvalue weighted by Gasteiger charge is 2.18. The first-order chi connectivity index (χ1) is 12.9. The Kier molecular flexibility index (Phi) is 5.16. The van der Waals surface area contributed by atoms with Crippen LogP contribution in [0.15, 0.2) is 36.7 Å². The molecule has 7 nitrogen and oxygen atoms in total. The van der Waals surface area contributed by atoms with Gasteiger partial charge in [0.05, 0.1) is 24.4 Å². The molecule has 0 N–H and O–H groups in total. The summed E-state index contributed by atoms with van der Waals surface area (Å²) in [6, 6.07) is 5.30. The highest BCUT2D eigenvalue weighted by Crippen LogP contribution is 2.21. The first-order valence-corrected chi connectivity index (χ1v) is 8.28. The van der Waals surface area contributed by atoms with Gasteiger partial charge < -0.3 is 9.47 Å². The number of carbonyl (C=O) groups excluding carboxylic acids is 2. The molecule has 2 heterocycles. The summed E-state index contributed by atoms with van der Waals surface area (Å²) in [5.41, 5.74) is 0.865. The molecule has 27 heavy (non-hydrogen) atoms. The van der Waals surface area contributed by atoms with Gasteiger partial charge in [-0.3, -0.25) is 4.79 Å². The van der Waals surface area contributed by atoms with E-state index in [9.17, 15) is 14.0 Å². The molecule has 0 bridgehead atoms. The number of rotatable bonds is 6. The average Bonchev–Trinajstić information content (AvgIpc) is 3.09. The third kappa shape index (κ3) is 3.79. The van der Waals surface area contributed by atoms with Crippen LogP contribution < -0.4 is 4.74 Å². The smallest absolute Gasteiger partial charge is 0.340 e. The molecule has 140 valence electrons. The number of benzene rings is 1. The number of fused-ring (bicyclic) bond motifs is 1. The molecule has 0 saturated carbocycles. The zero-order chi connectivity index (χ0) is 19.6. The van der Waals surface area contributed by atoms with Crippen molar-refractivity contribution in [3.05, 3.63) is 53.6 Å². The Morgan fingerprint density at radius 3 is 2.70 bits per heavy atom. The van der Waals surface area contributed by atoms with Gasteiger partial charge in [-0.15, -0.1) is 0 Å². The van der Waals surface area contributed by atoms with Gasteiger partial charge in [0.2, 0.25) is 5.78 Å². The largest absolute Gasteiger partial charge is 0.496 e. The van der Waals surface area contributed by atoms with Crippen molar-refractivity contribution in [1.29, 1.82) is 0 Å². The van der Waals surface area contributed by atoms with E-state index >= 15 is 0 Å². The second-order valence-corrected chi connectivity index (χ2v) is 6.16. The molecule has 0 atom stereocenters. The quantitative estimate of drug-likeness (QED) is 0.489. The Bertz CT molecular complexity index is 1010. The zero-order valence-electron chi connectivity index (χ0n) is 15.1. The molecule has 0 spiro atoms. The van der Waals surface area contributed by atoms with E-state index in [1.807, 2.05) is 13.8 Å². The van der Waals surface area contributed by atoms with Crippen molar-refractivity contribution in [1.82, 2.24) is 14.8 Å². The second-order valence-electron chi connectivity index (χ2n) is 6.16. The molecule has 3 rings (SSSR count). The van der Waals surface area contributed by atoms with Crippen molar-refractivity contribution in [3.63, 3.8) is 0 Å². The van der Waals surface area contributed by atoms with Gasteiger partial charge >= 0.3 is 5.97 Å². The number of ketones is 1. The second kappa shape index (κ2) is 7.53. The molecule has 1 aromatic carbocycles. The van der Waals surface area contributed by atoms with Gasteiger partial charge in [-0.1, -0.05) is 0 Å². The number of ether oxygens (including phenoxy) is 2. The molecule has 0 aliphatic rings. The first kappa shape index (κ1) is 18.5. The lowest BCUT2D eigenvalue weighted by Crippen LogP contribution is -2.15. The van der Waals surface area contributed by atoms with E-state index < -0.39 is 24.2 Å². The van der Waals surface area contributed by atoms with Crippen molar-refractivity contribution < 1.29 is 23.5 Å². The van der Waals surface area contributed by atoms with Crippen LogP contribution in [-0.4, -0.2) is 40.2 Å². The number of aromatic nitrogens is 3. The lowest BCUT2D eigenvalue weighted by molar-refractivity contribution is 0.0473. The van der Waals surface area contributed by atoms with Crippen LogP contribution in [0.4, 0.5) is 4.39 Å². The maximum absolute atomic E-state index is 13.4. The Balaban J connectivity index is 1.73. The van der Waals surface area contributed by atoms with Crippen LogP contribution in [-0.2, 0) is 4.74 Å². The molecule has 0 aliphatic carbocycles. The molecule has 0 amide bonds. The van der Waals surface area contributed by atoms with E-state index in [1.54, 1.807) is 16.9 Å². The summed E-state index contributed by atoms with van der Waals surface area (Å²) in [5, 5.41) is 4.93. The fourth-order valence-corrected chi connectivity index (χ4v) is 2.62. The predicted molar refractivity (Wildman–Crippen MR) is 95.5 cm³/mol. The number of hydrogen-bond acceptors (Lipinski definition) is 6. The van der Waals surface area contributed by atoms with Crippen molar-refractivity contribution in [2.75, 3.05) is 13.7 Å². The molecule has 0 radical (unpaired) electrons. The van der Waals surface area contributed by atoms with Gasteiger partial charge in [-0.25, -0.2) is 18.9 Å². The molecule has 0 fully saturated rings. The SMILES string of the molecule is COc1ccc(F)cc1C(=O)COC(=O)c1cnc2c(cnn2C(C)C)c1. The number of hydrogen-bond donors (Lipinski definition) is 0. The molecular formula is C19H18FN3O4. The number of nitrogens with zero attached hydrogens (tertiary/aromatic N) is 3. The summed E-state index contributed by atoms with van der Waals surface area (Å²) in [6.45, 7) is 3.41. The van der Waals surface area contributed by atoms with Crippen molar-refractivity contribution in [3.8, 4) is 5.75 Å². The van der Waals surface area contributed by atoms with Gasteiger partial charge in [-0.2, -0.15) is 5.10 Å². The van der Waals surface area contributed by atoms with E-state index in [0.717, 1.165) is 6.07 Å². The Morgan fingerprint density at radius 2 is 2.00 bits per heavy atom. The zero-order valence-corrected chi connectivity index (χ0v) is 15.1. The van der Waals surface area contributed by atoms with Gasteiger partial charge in [-0.05, 0) is 38.1 Å². The third-order valence-corrected chi connectivity index (χ3v) is 3.95. The number of halogens is 1. The van der Waals surface area contributed by atoms with Crippen molar-refractivity contribution >= 4 is 22.8 Å². The summed E-state index contributed by atoms with van der Waals surface area (Å²) < 4.78 is 25.2. The highest BCUT2D eigenvalue weighted by molar-refractivity contribution is 6.01. The standard InChI is InChI=1S/C19H18FN3O4/c1-11(2)23-18-12(9-22-23)6-13(8-21-18)19(25)27-10-16(24)15-7-14(20)4-5-17(15)26-3/h4-9,11H,10H2,1-3H3. The van der Waals surface area contributed by atoms with Crippen molar-refractivity contribution in [2.45, 2.75) is 19.9 Å². The van der Waals surface area contributed by atoms with Crippen LogP contribution in [0.25, 0.3) is 11.0 Å². The minimum absolute atomic E-state index is 0.0112. The molecular weight excluding hydrogens is 353 g/mol. The van der Waals surface area contributed by atoms with Crippen LogP contribution in [0.5, 0.6) is 5.75 Å². The lowest BCUT2D eigenvalue weighted by Gasteiger charge is -2.09. The monoisotopic (exact) mass is 371 g/mol. The van der Waals surface area contributed by atoms with Gasteiger partial charge in [0.1, 0.15) is 11.6 Å². The maximum Gasteiger partial charge on any atom is 0.340 e. The van der Waals surface area contributed by atoms with E-state index in [2.05, 4.69) is 10.1 Å². The van der Waals surface area contributed by atoms with Gasteiger partial charge in [0, 0.05) is 17.6 Å². The minimum Gasteiger partial charge on any atom is -0.496 e. The first-order valence-electron chi connectivity index (χ1n) is 8.28. The van der Waals surface area contributed by atoms with Crippen LogP contribution in [0.2, 0.25) is 0 Å². The normalized spacial score (nSPS) is 11.0. The molecule has 0 aliphatic heterocycles. The fraction of sp³-hybridized carbons (Fsp3) is 0.263. The van der Waals surface area contributed by atoms with E-state index in [0.29, 0.717) is 11.0 Å². The minimum atomic E-state index is -0.703.